The fraction of sp³-hybridized carbons (Fsp3) is 0.389. The summed E-state index contributed by atoms with van der Waals surface area (Å²) >= 11 is 0. The van der Waals surface area contributed by atoms with Crippen LogP contribution in [0, 0.1) is 0 Å². The zero-order chi connectivity index (χ0) is 31.1. The molecule has 3 aromatic rings. The van der Waals surface area contributed by atoms with Gasteiger partial charge in [-0.2, -0.15) is 0 Å². The predicted molar refractivity (Wildman–Crippen MR) is 173 cm³/mol. The number of nitrogens with one attached hydrogen (secondary N) is 2. The molecule has 0 unspecified atom stereocenters. The summed E-state index contributed by atoms with van der Waals surface area (Å²) in [5.74, 6) is -0.937. The average Bonchev–Trinajstić information content (AvgIpc) is 3.08. The number of carbonyl (C=O) groups is 4. The van der Waals surface area contributed by atoms with Gasteiger partial charge in [-0.3, -0.25) is 19.2 Å². The van der Waals surface area contributed by atoms with Crippen molar-refractivity contribution < 1.29 is 19.2 Å². The summed E-state index contributed by atoms with van der Waals surface area (Å²) in [5, 5.41) is 6.28. The van der Waals surface area contributed by atoms with Crippen LogP contribution in [-0.4, -0.2) is 49.8 Å². The summed E-state index contributed by atoms with van der Waals surface area (Å²) in [7, 11) is 3.30. The molecular formula is C36H42N4O4. The number of para-hydroxylation sites is 2. The number of hydrogen-bond donors (Lipinski definition) is 2. The number of anilines is 2. The lowest BCUT2D eigenvalue weighted by Crippen LogP contribution is -2.37. The summed E-state index contributed by atoms with van der Waals surface area (Å²) in [5.41, 5.74) is 2.73. The smallest absolute Gasteiger partial charge is 0.258 e. The molecule has 0 atom stereocenters. The van der Waals surface area contributed by atoms with Crippen molar-refractivity contribution in [2.45, 2.75) is 76.3 Å². The molecule has 0 saturated heterocycles. The van der Waals surface area contributed by atoms with Gasteiger partial charge in [0.15, 0.2) is 0 Å². The molecule has 0 aromatic heterocycles. The molecule has 44 heavy (non-hydrogen) atoms. The maximum Gasteiger partial charge on any atom is 0.258 e. The maximum absolute atomic E-state index is 13.5. The lowest BCUT2D eigenvalue weighted by atomic mass is 9.95. The minimum absolute atomic E-state index is 0.159. The number of benzene rings is 3. The second kappa shape index (κ2) is 14.3. The summed E-state index contributed by atoms with van der Waals surface area (Å²) in [6.45, 7) is 0. The lowest BCUT2D eigenvalue weighted by Gasteiger charge is -2.25. The van der Waals surface area contributed by atoms with Gasteiger partial charge < -0.3 is 20.4 Å². The highest BCUT2D eigenvalue weighted by Crippen LogP contribution is 2.26. The minimum atomic E-state index is -0.292. The Morgan fingerprint density at radius 3 is 1.23 bits per heavy atom. The van der Waals surface area contributed by atoms with E-state index in [1.165, 1.54) is 22.6 Å². The van der Waals surface area contributed by atoms with Gasteiger partial charge >= 0.3 is 0 Å². The molecular weight excluding hydrogens is 552 g/mol. The van der Waals surface area contributed by atoms with E-state index in [0.29, 0.717) is 33.6 Å². The molecule has 3 aromatic carbocycles. The largest absolute Gasteiger partial charge is 0.349 e. The highest BCUT2D eigenvalue weighted by molar-refractivity contribution is 6.12. The Kier molecular flexibility index (Phi) is 10.1. The Balaban J connectivity index is 1.27. The molecule has 2 N–H and O–H groups in total. The van der Waals surface area contributed by atoms with E-state index in [9.17, 15) is 19.2 Å². The van der Waals surface area contributed by atoms with Crippen molar-refractivity contribution in [1.82, 2.24) is 10.6 Å². The standard InChI is InChI=1S/C36H42N4O4/c1-39(31-19-11-9-17-29(31)33(41)37-27-13-5-3-6-14-27)35(43)25-21-23-26(24-22-25)36(44)40(2)32-20-12-10-18-30(32)34(42)38-28-15-7-4-8-16-28/h9-12,17-24,27-28H,3-8,13-16H2,1-2H3,(H,37,41)(H,38,42). The first-order chi connectivity index (χ1) is 21.3. The first-order valence-electron chi connectivity index (χ1n) is 15.8. The first kappa shape index (κ1) is 31.0. The van der Waals surface area contributed by atoms with Gasteiger partial charge in [-0.1, -0.05) is 62.8 Å². The lowest BCUT2D eigenvalue weighted by molar-refractivity contribution is 0.0918. The number of hydrogen-bond acceptors (Lipinski definition) is 4. The van der Waals surface area contributed by atoms with Crippen molar-refractivity contribution in [2.75, 3.05) is 23.9 Å². The van der Waals surface area contributed by atoms with E-state index in [1.807, 2.05) is 0 Å². The van der Waals surface area contributed by atoms with E-state index in [-0.39, 0.29) is 35.7 Å². The third-order valence-corrected chi connectivity index (χ3v) is 8.89. The van der Waals surface area contributed by atoms with Gasteiger partial charge in [-0.05, 0) is 74.2 Å². The van der Waals surface area contributed by atoms with Gasteiger partial charge in [0.25, 0.3) is 23.6 Å². The number of carbonyl (C=O) groups excluding carboxylic acids is 4. The van der Waals surface area contributed by atoms with E-state index in [4.69, 9.17) is 0 Å². The zero-order valence-corrected chi connectivity index (χ0v) is 25.7. The molecule has 5 rings (SSSR count). The van der Waals surface area contributed by atoms with Crippen LogP contribution in [0.15, 0.2) is 72.8 Å². The van der Waals surface area contributed by atoms with Crippen LogP contribution in [0.25, 0.3) is 0 Å². The third kappa shape index (κ3) is 7.18. The number of nitrogens with zero attached hydrogens (tertiary/aromatic N) is 2. The van der Waals surface area contributed by atoms with Crippen LogP contribution in [0.2, 0.25) is 0 Å². The van der Waals surface area contributed by atoms with Gasteiger partial charge in [-0.25, -0.2) is 0 Å². The monoisotopic (exact) mass is 594 g/mol. The van der Waals surface area contributed by atoms with E-state index in [1.54, 1.807) is 86.9 Å². The fourth-order valence-electron chi connectivity index (χ4n) is 6.30. The van der Waals surface area contributed by atoms with Crippen LogP contribution >= 0.6 is 0 Å². The molecule has 4 amide bonds. The van der Waals surface area contributed by atoms with Crippen molar-refractivity contribution in [3.63, 3.8) is 0 Å². The molecule has 2 aliphatic rings. The molecule has 0 bridgehead atoms. The minimum Gasteiger partial charge on any atom is -0.349 e. The topological polar surface area (TPSA) is 98.8 Å². The fourth-order valence-corrected chi connectivity index (χ4v) is 6.30. The second-order valence-electron chi connectivity index (χ2n) is 12.0. The SMILES string of the molecule is CN(C(=O)c1ccc(C(=O)N(C)c2ccccc2C(=O)NC2CCCCC2)cc1)c1ccccc1C(=O)NC1CCCCC1. The second-order valence-corrected chi connectivity index (χ2v) is 12.0. The van der Waals surface area contributed by atoms with E-state index in [2.05, 4.69) is 10.6 Å². The normalized spacial score (nSPS) is 15.7. The van der Waals surface area contributed by atoms with Crippen molar-refractivity contribution in [2.24, 2.45) is 0 Å². The van der Waals surface area contributed by atoms with Gasteiger partial charge in [-0.15, -0.1) is 0 Å². The van der Waals surface area contributed by atoms with Crippen LogP contribution in [0.3, 0.4) is 0 Å². The van der Waals surface area contributed by atoms with Crippen molar-refractivity contribution in [3.05, 3.63) is 95.1 Å². The van der Waals surface area contributed by atoms with Crippen LogP contribution in [-0.2, 0) is 0 Å². The molecule has 230 valence electrons. The molecule has 2 saturated carbocycles. The molecule has 0 radical (unpaired) electrons. The Morgan fingerprint density at radius 2 is 0.864 bits per heavy atom. The van der Waals surface area contributed by atoms with Gasteiger partial charge in [0.2, 0.25) is 0 Å². The predicted octanol–water partition coefficient (Wildman–Crippen LogP) is 6.36. The van der Waals surface area contributed by atoms with Crippen LogP contribution < -0.4 is 20.4 Å². The number of amides is 4. The van der Waals surface area contributed by atoms with E-state index >= 15 is 0 Å². The molecule has 2 aliphatic carbocycles. The Labute approximate surface area is 259 Å². The molecule has 0 spiro atoms. The third-order valence-electron chi connectivity index (χ3n) is 8.89. The van der Waals surface area contributed by atoms with Crippen molar-refractivity contribution in [3.8, 4) is 0 Å². The van der Waals surface area contributed by atoms with Crippen molar-refractivity contribution in [1.29, 1.82) is 0 Å². The Hall–Kier alpha value is -4.46. The highest BCUT2D eigenvalue weighted by Gasteiger charge is 2.25. The Morgan fingerprint density at radius 1 is 0.523 bits per heavy atom. The summed E-state index contributed by atoms with van der Waals surface area (Å²) in [4.78, 5) is 56.2. The maximum atomic E-state index is 13.5. The summed E-state index contributed by atoms with van der Waals surface area (Å²) < 4.78 is 0. The van der Waals surface area contributed by atoms with E-state index < -0.39 is 0 Å². The molecule has 8 nitrogen and oxygen atoms in total. The first-order valence-corrected chi connectivity index (χ1v) is 15.8. The van der Waals surface area contributed by atoms with Crippen LogP contribution in [0.1, 0.15) is 106 Å². The number of rotatable bonds is 8. The summed E-state index contributed by atoms with van der Waals surface area (Å²) in [6, 6.07) is 21.0. The van der Waals surface area contributed by atoms with Gasteiger partial charge in [0.05, 0.1) is 22.5 Å². The molecule has 2 fully saturated rings. The zero-order valence-electron chi connectivity index (χ0n) is 25.7. The molecule has 0 aliphatic heterocycles. The quantitative estimate of drug-likeness (QED) is 0.317. The highest BCUT2D eigenvalue weighted by atomic mass is 16.2. The van der Waals surface area contributed by atoms with Gasteiger partial charge in [0.1, 0.15) is 0 Å². The van der Waals surface area contributed by atoms with Gasteiger partial charge in [0, 0.05) is 37.3 Å². The molecule has 8 heteroatoms. The molecule has 0 heterocycles. The van der Waals surface area contributed by atoms with Crippen molar-refractivity contribution >= 4 is 35.0 Å². The summed E-state index contributed by atoms with van der Waals surface area (Å²) in [6.07, 6.45) is 10.7. The Bertz CT molecular complexity index is 1380. The van der Waals surface area contributed by atoms with Crippen LogP contribution in [0.5, 0.6) is 0 Å². The van der Waals surface area contributed by atoms with Crippen LogP contribution in [0.4, 0.5) is 11.4 Å². The van der Waals surface area contributed by atoms with E-state index in [0.717, 1.165) is 51.4 Å². The average molecular weight is 595 g/mol.